The molecule has 2 aliphatic rings. The molecule has 188 valence electrons. The summed E-state index contributed by atoms with van der Waals surface area (Å²) in [7, 11) is 0. The van der Waals surface area contributed by atoms with E-state index in [0.717, 1.165) is 63.2 Å². The maximum atomic E-state index is 6.41. The number of rotatable bonds is 12. The Balaban J connectivity index is 1.54. The molecule has 2 unspecified atom stereocenters. The number of hydrogen-bond acceptors (Lipinski definition) is 4. The molecule has 0 radical (unpaired) electrons. The zero-order chi connectivity index (χ0) is 24.6. The summed E-state index contributed by atoms with van der Waals surface area (Å²) in [6.07, 6.45) is 9.34. The van der Waals surface area contributed by atoms with Gasteiger partial charge in [0.15, 0.2) is 11.8 Å². The van der Waals surface area contributed by atoms with Crippen molar-refractivity contribution in [2.45, 2.75) is 110 Å². The lowest BCUT2D eigenvalue weighted by Crippen LogP contribution is -2.19. The maximum absolute atomic E-state index is 6.41. The molecule has 0 fully saturated rings. The molecule has 0 saturated carbocycles. The Morgan fingerprint density at radius 3 is 1.49 bits per heavy atom. The molecule has 0 spiro atoms. The third-order valence-corrected chi connectivity index (χ3v) is 6.96. The molecule has 2 aromatic carbocycles. The quantitative estimate of drug-likeness (QED) is 0.313. The Labute approximate surface area is 211 Å². The van der Waals surface area contributed by atoms with Crippen LogP contribution in [0.1, 0.15) is 107 Å². The van der Waals surface area contributed by atoms with Crippen molar-refractivity contribution >= 4 is 11.8 Å². The first kappa shape index (κ1) is 25.5. The largest absolute Gasteiger partial charge is 0.475 e. The second kappa shape index (κ2) is 12.4. The van der Waals surface area contributed by atoms with Gasteiger partial charge in [0.1, 0.15) is 24.3 Å². The molecule has 35 heavy (non-hydrogen) atoms. The minimum absolute atomic E-state index is 0.0525. The zero-order valence-electron chi connectivity index (χ0n) is 22.0. The van der Waals surface area contributed by atoms with Gasteiger partial charge >= 0.3 is 0 Å². The van der Waals surface area contributed by atoms with Crippen LogP contribution in [0.15, 0.2) is 58.5 Å². The van der Waals surface area contributed by atoms with Gasteiger partial charge in [-0.1, -0.05) is 102 Å². The van der Waals surface area contributed by atoms with Crippen molar-refractivity contribution in [2.75, 3.05) is 0 Å². The van der Waals surface area contributed by atoms with Gasteiger partial charge in [0, 0.05) is 0 Å². The smallest absolute Gasteiger partial charge is 0.193 e. The van der Waals surface area contributed by atoms with Gasteiger partial charge in [-0.15, -0.1) is 0 Å². The average Bonchev–Trinajstić information content (AvgIpc) is 3.44. The van der Waals surface area contributed by atoms with Crippen molar-refractivity contribution in [3.8, 4) is 0 Å². The second-order valence-electron chi connectivity index (χ2n) is 9.99. The Hall–Kier alpha value is -2.62. The molecule has 0 amide bonds. The predicted octanol–water partition coefficient (Wildman–Crippen LogP) is 7.96. The van der Waals surface area contributed by atoms with E-state index in [4.69, 9.17) is 19.5 Å². The van der Waals surface area contributed by atoms with Crippen LogP contribution in [-0.2, 0) is 22.3 Å². The Morgan fingerprint density at radius 2 is 1.09 bits per heavy atom. The molecule has 4 nitrogen and oxygen atoms in total. The molecular formula is C31H42N2O2. The Kier molecular flexibility index (Phi) is 9.01. The highest BCUT2D eigenvalue weighted by molar-refractivity contribution is 5.98. The van der Waals surface area contributed by atoms with Gasteiger partial charge in [-0.25, -0.2) is 9.98 Å². The summed E-state index contributed by atoms with van der Waals surface area (Å²) < 4.78 is 12.8. The SMILES string of the molecule is CCCc1cccc([C@H]2N=C(CC3=N[C@H](c4cccc(CCC)c4)C(CCC)O3)OC2CCC)c1. The third kappa shape index (κ3) is 6.34. The maximum Gasteiger partial charge on any atom is 0.193 e. The fraction of sp³-hybridized carbons (Fsp3) is 0.548. The van der Waals surface area contributed by atoms with Crippen molar-refractivity contribution in [1.82, 2.24) is 0 Å². The fourth-order valence-electron chi connectivity index (χ4n) is 5.34. The van der Waals surface area contributed by atoms with Crippen molar-refractivity contribution in [1.29, 1.82) is 0 Å². The average molecular weight is 475 g/mol. The zero-order valence-corrected chi connectivity index (χ0v) is 22.0. The van der Waals surface area contributed by atoms with E-state index in [0.29, 0.717) is 6.42 Å². The van der Waals surface area contributed by atoms with Crippen LogP contribution in [0.5, 0.6) is 0 Å². The lowest BCUT2D eigenvalue weighted by atomic mass is 9.96. The Morgan fingerprint density at radius 1 is 0.629 bits per heavy atom. The summed E-state index contributed by atoms with van der Waals surface area (Å²) in [5.74, 6) is 1.53. The van der Waals surface area contributed by atoms with Crippen LogP contribution in [0.4, 0.5) is 0 Å². The summed E-state index contributed by atoms with van der Waals surface area (Å²) in [5, 5.41) is 0. The van der Waals surface area contributed by atoms with Crippen LogP contribution in [0.3, 0.4) is 0 Å². The van der Waals surface area contributed by atoms with E-state index < -0.39 is 0 Å². The highest BCUT2D eigenvalue weighted by Crippen LogP contribution is 2.36. The first-order chi connectivity index (χ1) is 17.1. The second-order valence-corrected chi connectivity index (χ2v) is 9.99. The van der Waals surface area contributed by atoms with Crippen LogP contribution < -0.4 is 0 Å². The van der Waals surface area contributed by atoms with Crippen molar-refractivity contribution in [3.05, 3.63) is 70.8 Å². The van der Waals surface area contributed by atoms with Gasteiger partial charge in [0.25, 0.3) is 0 Å². The first-order valence-corrected chi connectivity index (χ1v) is 13.8. The van der Waals surface area contributed by atoms with Crippen LogP contribution in [0.25, 0.3) is 0 Å². The number of aliphatic imine (C=N–C) groups is 2. The number of benzene rings is 2. The molecule has 2 heterocycles. The van der Waals surface area contributed by atoms with E-state index in [1.165, 1.54) is 22.3 Å². The summed E-state index contributed by atoms with van der Waals surface area (Å²) in [5.41, 5.74) is 5.27. The summed E-state index contributed by atoms with van der Waals surface area (Å²) >= 11 is 0. The van der Waals surface area contributed by atoms with Crippen molar-refractivity contribution in [3.63, 3.8) is 0 Å². The molecule has 2 aliphatic heterocycles. The van der Waals surface area contributed by atoms with Gasteiger partial charge in [-0.2, -0.15) is 0 Å². The predicted molar refractivity (Wildman–Crippen MR) is 145 cm³/mol. The molecule has 0 bridgehead atoms. The minimum Gasteiger partial charge on any atom is -0.475 e. The normalized spacial score (nSPS) is 23.5. The lowest BCUT2D eigenvalue weighted by molar-refractivity contribution is 0.168. The van der Waals surface area contributed by atoms with Gasteiger partial charge < -0.3 is 9.47 Å². The van der Waals surface area contributed by atoms with Crippen LogP contribution >= 0.6 is 0 Å². The molecular weight excluding hydrogens is 432 g/mol. The molecule has 0 aliphatic carbocycles. The van der Waals surface area contributed by atoms with Gasteiger partial charge in [0.2, 0.25) is 0 Å². The molecule has 0 aromatic heterocycles. The topological polar surface area (TPSA) is 43.2 Å². The number of aryl methyl sites for hydroxylation is 2. The van der Waals surface area contributed by atoms with E-state index in [9.17, 15) is 0 Å². The van der Waals surface area contributed by atoms with E-state index in [2.05, 4.69) is 76.2 Å². The summed E-state index contributed by atoms with van der Waals surface area (Å²) in [6.45, 7) is 8.87. The highest BCUT2D eigenvalue weighted by atomic mass is 16.5. The standard InChI is InChI=1S/C31H42N2O2/c1-5-11-22-15-9-17-24(19-22)30-26(13-7-3)34-28(32-30)21-29-33-31(27(35-29)14-8-4)25-18-10-16-23(20-25)12-6-2/h9-10,15-20,26-27,30-31H,5-8,11-14,21H2,1-4H3/t26?,27?,30-,31-/m1/s1. The van der Waals surface area contributed by atoms with Gasteiger partial charge in [-0.05, 0) is 47.9 Å². The summed E-state index contributed by atoms with van der Waals surface area (Å²) in [4.78, 5) is 10.1. The number of ether oxygens (including phenoxy) is 2. The highest BCUT2D eigenvalue weighted by Gasteiger charge is 2.36. The monoisotopic (exact) mass is 474 g/mol. The van der Waals surface area contributed by atoms with Gasteiger partial charge in [0.05, 0.1) is 6.42 Å². The molecule has 4 heteroatoms. The van der Waals surface area contributed by atoms with Crippen molar-refractivity contribution in [2.24, 2.45) is 9.98 Å². The minimum atomic E-state index is 0.0525. The van der Waals surface area contributed by atoms with E-state index >= 15 is 0 Å². The molecule has 2 aromatic rings. The van der Waals surface area contributed by atoms with Gasteiger partial charge in [-0.3, -0.25) is 0 Å². The molecule has 0 saturated heterocycles. The van der Waals surface area contributed by atoms with E-state index in [1.54, 1.807) is 0 Å². The summed E-state index contributed by atoms with van der Waals surface area (Å²) in [6, 6.07) is 17.9. The lowest BCUT2D eigenvalue weighted by Gasteiger charge is -2.18. The van der Waals surface area contributed by atoms with E-state index in [-0.39, 0.29) is 24.3 Å². The van der Waals surface area contributed by atoms with Crippen LogP contribution in [0.2, 0.25) is 0 Å². The van der Waals surface area contributed by atoms with Crippen molar-refractivity contribution < 1.29 is 9.47 Å². The number of nitrogens with zero attached hydrogens (tertiary/aromatic N) is 2. The fourth-order valence-corrected chi connectivity index (χ4v) is 5.34. The van der Waals surface area contributed by atoms with Crippen LogP contribution in [-0.4, -0.2) is 24.0 Å². The third-order valence-electron chi connectivity index (χ3n) is 6.96. The van der Waals surface area contributed by atoms with E-state index in [1.807, 2.05) is 0 Å². The first-order valence-electron chi connectivity index (χ1n) is 13.8. The van der Waals surface area contributed by atoms with Crippen LogP contribution in [0, 0.1) is 0 Å². The number of hydrogen-bond donors (Lipinski definition) is 0. The molecule has 0 N–H and O–H groups in total. The Bertz CT molecular complexity index is 947. The molecule has 4 rings (SSSR count). The molecule has 4 atom stereocenters.